The average molecular weight is 309 g/mol. The SMILES string of the molecule is Cc1ccc(S(=O)(=O)N(C)CC(C)C)c(C#CCCO)c1. The average Bonchev–Trinajstić information content (AvgIpc) is 2.38. The lowest BCUT2D eigenvalue weighted by molar-refractivity contribution is 0.305. The van der Waals surface area contributed by atoms with E-state index in [9.17, 15) is 8.42 Å². The van der Waals surface area contributed by atoms with Crippen LogP contribution in [0.3, 0.4) is 0 Å². The second kappa shape index (κ2) is 7.60. The Balaban J connectivity index is 3.26. The molecule has 0 radical (unpaired) electrons. The first-order valence-electron chi connectivity index (χ1n) is 6.95. The van der Waals surface area contributed by atoms with E-state index in [4.69, 9.17) is 5.11 Å². The summed E-state index contributed by atoms with van der Waals surface area (Å²) >= 11 is 0. The summed E-state index contributed by atoms with van der Waals surface area (Å²) in [6.45, 7) is 6.27. The van der Waals surface area contributed by atoms with E-state index < -0.39 is 10.0 Å². The van der Waals surface area contributed by atoms with Gasteiger partial charge in [0, 0.05) is 25.6 Å². The molecule has 0 amide bonds. The molecule has 0 aliphatic carbocycles. The molecule has 5 heteroatoms. The zero-order chi connectivity index (χ0) is 16.0. The molecule has 4 nitrogen and oxygen atoms in total. The molecule has 0 bridgehead atoms. The standard InChI is InChI=1S/C16H23NO3S/c1-13(2)12-17(4)21(19,20)16-9-8-14(3)11-15(16)7-5-6-10-18/h8-9,11,13,18H,6,10,12H2,1-4H3. The van der Waals surface area contributed by atoms with E-state index in [-0.39, 0.29) is 17.4 Å². The van der Waals surface area contributed by atoms with Crippen molar-refractivity contribution < 1.29 is 13.5 Å². The molecule has 0 saturated carbocycles. The van der Waals surface area contributed by atoms with Gasteiger partial charge in [-0.15, -0.1) is 0 Å². The van der Waals surface area contributed by atoms with Gasteiger partial charge in [0.05, 0.1) is 11.5 Å². The molecule has 0 heterocycles. The molecule has 0 aliphatic heterocycles. The minimum absolute atomic E-state index is 0.0336. The summed E-state index contributed by atoms with van der Waals surface area (Å²) in [6, 6.07) is 5.14. The van der Waals surface area contributed by atoms with Gasteiger partial charge in [-0.1, -0.05) is 31.8 Å². The molecule has 1 rings (SSSR count). The van der Waals surface area contributed by atoms with Gasteiger partial charge in [0.1, 0.15) is 0 Å². The highest BCUT2D eigenvalue weighted by Crippen LogP contribution is 2.21. The van der Waals surface area contributed by atoms with E-state index in [0.717, 1.165) is 5.56 Å². The third-order valence-electron chi connectivity index (χ3n) is 2.91. The molecule has 1 aromatic rings. The van der Waals surface area contributed by atoms with Crippen molar-refractivity contribution in [1.29, 1.82) is 0 Å². The highest BCUT2D eigenvalue weighted by Gasteiger charge is 2.24. The number of sulfonamides is 1. The minimum atomic E-state index is -3.55. The predicted octanol–water partition coefficient (Wildman–Crippen LogP) is 2.01. The van der Waals surface area contributed by atoms with E-state index in [2.05, 4.69) is 11.8 Å². The summed E-state index contributed by atoms with van der Waals surface area (Å²) in [7, 11) is -1.97. The van der Waals surface area contributed by atoms with Gasteiger partial charge in [0.25, 0.3) is 0 Å². The van der Waals surface area contributed by atoms with Crippen LogP contribution in [0.5, 0.6) is 0 Å². The second-order valence-electron chi connectivity index (χ2n) is 5.45. The Labute approximate surface area is 127 Å². The molecule has 0 spiro atoms. The summed E-state index contributed by atoms with van der Waals surface area (Å²) in [5.41, 5.74) is 1.44. The zero-order valence-electron chi connectivity index (χ0n) is 13.0. The van der Waals surface area contributed by atoms with Gasteiger partial charge in [0.2, 0.25) is 10.0 Å². The first kappa shape index (κ1) is 17.7. The van der Waals surface area contributed by atoms with E-state index in [1.165, 1.54) is 4.31 Å². The van der Waals surface area contributed by atoms with Gasteiger partial charge >= 0.3 is 0 Å². The van der Waals surface area contributed by atoms with Crippen molar-refractivity contribution in [3.63, 3.8) is 0 Å². The van der Waals surface area contributed by atoms with E-state index in [0.29, 0.717) is 18.5 Å². The van der Waals surface area contributed by atoms with Crippen molar-refractivity contribution >= 4 is 10.0 Å². The maximum absolute atomic E-state index is 12.6. The lowest BCUT2D eigenvalue weighted by Gasteiger charge is -2.20. The fraction of sp³-hybridized carbons (Fsp3) is 0.500. The number of hydrogen-bond acceptors (Lipinski definition) is 3. The topological polar surface area (TPSA) is 57.6 Å². The van der Waals surface area contributed by atoms with Crippen molar-refractivity contribution in [3.8, 4) is 11.8 Å². The molecular weight excluding hydrogens is 286 g/mol. The van der Waals surface area contributed by atoms with Gasteiger partial charge in [0.15, 0.2) is 0 Å². The van der Waals surface area contributed by atoms with Crippen LogP contribution in [0.4, 0.5) is 0 Å². The Morgan fingerprint density at radius 2 is 2.00 bits per heavy atom. The van der Waals surface area contributed by atoms with Crippen LogP contribution in [-0.2, 0) is 10.0 Å². The number of aliphatic hydroxyl groups excluding tert-OH is 1. The van der Waals surface area contributed by atoms with Crippen LogP contribution in [0.1, 0.15) is 31.4 Å². The normalized spacial score (nSPS) is 11.6. The van der Waals surface area contributed by atoms with Crippen LogP contribution >= 0.6 is 0 Å². The number of nitrogens with zero attached hydrogens (tertiary/aromatic N) is 1. The van der Waals surface area contributed by atoms with Crippen molar-refractivity contribution in [2.75, 3.05) is 20.2 Å². The number of aliphatic hydroxyl groups is 1. The minimum Gasteiger partial charge on any atom is -0.395 e. The predicted molar refractivity (Wildman–Crippen MR) is 84.4 cm³/mol. The zero-order valence-corrected chi connectivity index (χ0v) is 13.9. The molecule has 0 fully saturated rings. The molecule has 0 unspecified atom stereocenters. The van der Waals surface area contributed by atoms with Crippen LogP contribution in [0.15, 0.2) is 23.1 Å². The highest BCUT2D eigenvalue weighted by atomic mass is 32.2. The van der Waals surface area contributed by atoms with Crippen LogP contribution in [0.2, 0.25) is 0 Å². The van der Waals surface area contributed by atoms with Gasteiger partial charge in [-0.3, -0.25) is 0 Å². The number of rotatable bonds is 5. The van der Waals surface area contributed by atoms with Crippen molar-refractivity contribution in [1.82, 2.24) is 4.31 Å². The van der Waals surface area contributed by atoms with E-state index in [1.807, 2.05) is 20.8 Å². The van der Waals surface area contributed by atoms with E-state index in [1.54, 1.807) is 25.2 Å². The van der Waals surface area contributed by atoms with Crippen LogP contribution in [0, 0.1) is 24.7 Å². The summed E-state index contributed by atoms with van der Waals surface area (Å²) in [5, 5.41) is 8.79. The summed E-state index contributed by atoms with van der Waals surface area (Å²) in [6.07, 6.45) is 0.329. The Morgan fingerprint density at radius 1 is 1.33 bits per heavy atom. The first-order chi connectivity index (χ1) is 9.78. The number of hydrogen-bond donors (Lipinski definition) is 1. The summed E-state index contributed by atoms with van der Waals surface area (Å²) in [5.74, 6) is 5.89. The van der Waals surface area contributed by atoms with Crippen LogP contribution in [-0.4, -0.2) is 38.0 Å². The highest BCUT2D eigenvalue weighted by molar-refractivity contribution is 7.89. The summed E-state index contributed by atoms with van der Waals surface area (Å²) < 4.78 is 26.6. The van der Waals surface area contributed by atoms with Crippen molar-refractivity contribution in [2.45, 2.75) is 32.1 Å². The van der Waals surface area contributed by atoms with Gasteiger partial charge in [-0.2, -0.15) is 0 Å². The molecular formula is C16H23NO3S. The molecule has 1 N–H and O–H groups in total. The fourth-order valence-corrected chi connectivity index (χ4v) is 3.42. The molecule has 0 saturated heterocycles. The maximum atomic E-state index is 12.6. The molecule has 21 heavy (non-hydrogen) atoms. The molecule has 116 valence electrons. The third-order valence-corrected chi connectivity index (χ3v) is 4.79. The lowest BCUT2D eigenvalue weighted by atomic mass is 10.1. The molecule has 0 aliphatic rings. The second-order valence-corrected chi connectivity index (χ2v) is 7.47. The first-order valence-corrected chi connectivity index (χ1v) is 8.39. The monoisotopic (exact) mass is 309 g/mol. The quantitative estimate of drug-likeness (QED) is 0.847. The lowest BCUT2D eigenvalue weighted by Crippen LogP contribution is -2.30. The Bertz CT molecular complexity index is 639. The molecule has 0 atom stereocenters. The Kier molecular flexibility index (Phi) is 6.41. The van der Waals surface area contributed by atoms with Gasteiger partial charge in [-0.25, -0.2) is 12.7 Å². The fourth-order valence-electron chi connectivity index (χ4n) is 1.96. The number of benzene rings is 1. The smallest absolute Gasteiger partial charge is 0.244 e. The largest absolute Gasteiger partial charge is 0.395 e. The maximum Gasteiger partial charge on any atom is 0.244 e. The Hall–Kier alpha value is -1.35. The molecule has 1 aromatic carbocycles. The van der Waals surface area contributed by atoms with Crippen LogP contribution < -0.4 is 0 Å². The van der Waals surface area contributed by atoms with E-state index >= 15 is 0 Å². The number of aryl methyl sites for hydroxylation is 1. The van der Waals surface area contributed by atoms with Gasteiger partial charge in [-0.05, 0) is 30.5 Å². The van der Waals surface area contributed by atoms with Crippen molar-refractivity contribution in [2.24, 2.45) is 5.92 Å². The summed E-state index contributed by atoms with van der Waals surface area (Å²) in [4.78, 5) is 0.224. The van der Waals surface area contributed by atoms with Crippen molar-refractivity contribution in [3.05, 3.63) is 29.3 Å². The molecule has 0 aromatic heterocycles. The third kappa shape index (κ3) is 4.85. The Morgan fingerprint density at radius 3 is 2.57 bits per heavy atom. The van der Waals surface area contributed by atoms with Crippen LogP contribution in [0.25, 0.3) is 0 Å². The van der Waals surface area contributed by atoms with Gasteiger partial charge < -0.3 is 5.11 Å².